The summed E-state index contributed by atoms with van der Waals surface area (Å²) in [6.45, 7) is 4.76. The van der Waals surface area contributed by atoms with Gasteiger partial charge in [0.15, 0.2) is 0 Å². The van der Waals surface area contributed by atoms with Crippen LogP contribution in [-0.4, -0.2) is 30.0 Å². The van der Waals surface area contributed by atoms with Gasteiger partial charge in [0.2, 0.25) is 0 Å². The Hall–Kier alpha value is -1.43. The standard InChI is InChI=1S/C15H19ClFN3O/c1-11-13(8-18-5-6-21-2)9-19-20(11)10-12-3-4-14(17)7-15(12)16/h3-4,7,9,18H,5-6,8,10H2,1-2H3. The van der Waals surface area contributed by atoms with Crippen molar-refractivity contribution in [3.8, 4) is 0 Å². The summed E-state index contributed by atoms with van der Waals surface area (Å²) in [5.41, 5.74) is 3.05. The zero-order valence-electron chi connectivity index (χ0n) is 12.2. The van der Waals surface area contributed by atoms with Crippen LogP contribution in [-0.2, 0) is 17.8 Å². The van der Waals surface area contributed by atoms with Crippen molar-refractivity contribution in [1.29, 1.82) is 0 Å². The molecule has 0 atom stereocenters. The highest BCUT2D eigenvalue weighted by Crippen LogP contribution is 2.19. The fourth-order valence-electron chi connectivity index (χ4n) is 2.03. The highest BCUT2D eigenvalue weighted by Gasteiger charge is 2.09. The van der Waals surface area contributed by atoms with E-state index >= 15 is 0 Å². The lowest BCUT2D eigenvalue weighted by atomic mass is 10.2. The summed E-state index contributed by atoms with van der Waals surface area (Å²) in [7, 11) is 1.68. The molecule has 0 aliphatic carbocycles. The number of ether oxygens (including phenoxy) is 1. The minimum atomic E-state index is -0.330. The molecule has 0 bridgehead atoms. The van der Waals surface area contributed by atoms with E-state index in [9.17, 15) is 4.39 Å². The predicted molar refractivity (Wildman–Crippen MR) is 81.1 cm³/mol. The SMILES string of the molecule is COCCNCc1cnn(Cc2ccc(F)cc2Cl)c1C. The quantitative estimate of drug-likeness (QED) is 0.799. The van der Waals surface area contributed by atoms with E-state index in [4.69, 9.17) is 16.3 Å². The van der Waals surface area contributed by atoms with Crippen LogP contribution < -0.4 is 5.32 Å². The molecule has 0 aliphatic rings. The fraction of sp³-hybridized carbons (Fsp3) is 0.400. The average molecular weight is 312 g/mol. The van der Waals surface area contributed by atoms with Crippen molar-refractivity contribution < 1.29 is 9.13 Å². The van der Waals surface area contributed by atoms with Crippen LogP contribution >= 0.6 is 11.6 Å². The van der Waals surface area contributed by atoms with Crippen molar-refractivity contribution in [2.75, 3.05) is 20.3 Å². The Labute approximate surface area is 128 Å². The molecule has 0 saturated heterocycles. The molecular formula is C15H19ClFN3O. The molecule has 4 nitrogen and oxygen atoms in total. The van der Waals surface area contributed by atoms with Crippen LogP contribution in [0.25, 0.3) is 0 Å². The highest BCUT2D eigenvalue weighted by atomic mass is 35.5. The van der Waals surface area contributed by atoms with E-state index < -0.39 is 0 Å². The van der Waals surface area contributed by atoms with Gasteiger partial charge < -0.3 is 10.1 Å². The molecule has 0 radical (unpaired) electrons. The fourth-order valence-corrected chi connectivity index (χ4v) is 2.25. The van der Waals surface area contributed by atoms with Crippen LogP contribution in [0.4, 0.5) is 4.39 Å². The van der Waals surface area contributed by atoms with E-state index in [0.717, 1.165) is 29.9 Å². The number of methoxy groups -OCH3 is 1. The molecule has 0 amide bonds. The molecule has 1 aromatic carbocycles. The second kappa shape index (κ2) is 7.54. The molecule has 0 aliphatic heterocycles. The minimum Gasteiger partial charge on any atom is -0.383 e. The van der Waals surface area contributed by atoms with Crippen molar-refractivity contribution >= 4 is 11.6 Å². The summed E-state index contributed by atoms with van der Waals surface area (Å²) < 4.78 is 19.9. The third-order valence-corrected chi connectivity index (χ3v) is 3.69. The van der Waals surface area contributed by atoms with Crippen molar-refractivity contribution in [1.82, 2.24) is 15.1 Å². The Bertz CT molecular complexity index is 601. The van der Waals surface area contributed by atoms with Crippen LogP contribution in [0.2, 0.25) is 5.02 Å². The van der Waals surface area contributed by atoms with Crippen LogP contribution in [0.15, 0.2) is 24.4 Å². The van der Waals surface area contributed by atoms with Gasteiger partial charge in [0.1, 0.15) is 5.82 Å². The van der Waals surface area contributed by atoms with E-state index in [1.807, 2.05) is 17.8 Å². The van der Waals surface area contributed by atoms with Gasteiger partial charge in [-0.2, -0.15) is 5.10 Å². The summed E-state index contributed by atoms with van der Waals surface area (Å²) in [5, 5.41) is 8.07. The Balaban J connectivity index is 2.02. The maximum atomic E-state index is 13.0. The monoisotopic (exact) mass is 311 g/mol. The first-order valence-electron chi connectivity index (χ1n) is 6.76. The Morgan fingerprint density at radius 2 is 2.19 bits per heavy atom. The van der Waals surface area contributed by atoms with Gasteiger partial charge in [-0.3, -0.25) is 4.68 Å². The second-order valence-electron chi connectivity index (χ2n) is 4.82. The van der Waals surface area contributed by atoms with Crippen LogP contribution in [0.3, 0.4) is 0 Å². The molecule has 0 saturated carbocycles. The lowest BCUT2D eigenvalue weighted by molar-refractivity contribution is 0.199. The topological polar surface area (TPSA) is 39.1 Å². The number of rotatable bonds is 7. The first-order chi connectivity index (χ1) is 10.1. The maximum absolute atomic E-state index is 13.0. The lowest BCUT2D eigenvalue weighted by Crippen LogP contribution is -2.19. The first-order valence-corrected chi connectivity index (χ1v) is 7.14. The van der Waals surface area contributed by atoms with Gasteiger partial charge in [-0.05, 0) is 24.6 Å². The maximum Gasteiger partial charge on any atom is 0.124 e. The van der Waals surface area contributed by atoms with Gasteiger partial charge in [0.25, 0.3) is 0 Å². The summed E-state index contributed by atoms with van der Waals surface area (Å²) in [6.07, 6.45) is 1.84. The number of hydrogen-bond donors (Lipinski definition) is 1. The molecule has 2 aromatic rings. The van der Waals surface area contributed by atoms with Crippen molar-refractivity contribution in [2.45, 2.75) is 20.0 Å². The van der Waals surface area contributed by atoms with E-state index in [1.165, 1.54) is 12.1 Å². The molecule has 114 valence electrons. The van der Waals surface area contributed by atoms with Gasteiger partial charge in [0, 0.05) is 36.5 Å². The molecule has 21 heavy (non-hydrogen) atoms. The molecule has 0 fully saturated rings. The number of nitrogens with zero attached hydrogens (tertiary/aromatic N) is 2. The zero-order chi connectivity index (χ0) is 15.2. The second-order valence-corrected chi connectivity index (χ2v) is 5.23. The molecule has 1 aromatic heterocycles. The number of hydrogen-bond acceptors (Lipinski definition) is 3. The largest absolute Gasteiger partial charge is 0.383 e. The molecule has 6 heteroatoms. The van der Waals surface area contributed by atoms with Crippen LogP contribution in [0, 0.1) is 12.7 Å². The number of aromatic nitrogens is 2. The molecule has 0 spiro atoms. The Morgan fingerprint density at radius 3 is 2.90 bits per heavy atom. The zero-order valence-corrected chi connectivity index (χ0v) is 13.0. The van der Waals surface area contributed by atoms with E-state index in [0.29, 0.717) is 18.2 Å². The number of halogens is 2. The van der Waals surface area contributed by atoms with E-state index in [2.05, 4.69) is 10.4 Å². The van der Waals surface area contributed by atoms with Gasteiger partial charge in [-0.25, -0.2) is 4.39 Å². The third-order valence-electron chi connectivity index (χ3n) is 3.34. The molecule has 1 N–H and O–H groups in total. The highest BCUT2D eigenvalue weighted by molar-refractivity contribution is 6.31. The number of benzene rings is 1. The van der Waals surface area contributed by atoms with Crippen molar-refractivity contribution in [3.63, 3.8) is 0 Å². The summed E-state index contributed by atoms with van der Waals surface area (Å²) in [5.74, 6) is -0.330. The number of nitrogens with one attached hydrogen (secondary N) is 1. The molecule has 1 heterocycles. The smallest absolute Gasteiger partial charge is 0.124 e. The lowest BCUT2D eigenvalue weighted by Gasteiger charge is -2.08. The van der Waals surface area contributed by atoms with Crippen LogP contribution in [0.1, 0.15) is 16.8 Å². The normalized spacial score (nSPS) is 11.0. The van der Waals surface area contributed by atoms with E-state index in [1.54, 1.807) is 13.2 Å². The van der Waals surface area contributed by atoms with Gasteiger partial charge in [-0.1, -0.05) is 17.7 Å². The summed E-state index contributed by atoms with van der Waals surface area (Å²) in [6, 6.07) is 4.42. The van der Waals surface area contributed by atoms with E-state index in [-0.39, 0.29) is 5.82 Å². The molecule has 0 unspecified atom stereocenters. The van der Waals surface area contributed by atoms with Crippen molar-refractivity contribution in [3.05, 3.63) is 52.1 Å². The Kier molecular flexibility index (Phi) is 5.73. The Morgan fingerprint density at radius 1 is 1.38 bits per heavy atom. The summed E-state index contributed by atoms with van der Waals surface area (Å²) in [4.78, 5) is 0. The van der Waals surface area contributed by atoms with Gasteiger partial charge >= 0.3 is 0 Å². The minimum absolute atomic E-state index is 0.330. The first kappa shape index (κ1) is 15.9. The van der Waals surface area contributed by atoms with Gasteiger partial charge in [0.05, 0.1) is 19.3 Å². The van der Waals surface area contributed by atoms with Crippen LogP contribution in [0.5, 0.6) is 0 Å². The molecular weight excluding hydrogens is 293 g/mol. The summed E-state index contributed by atoms with van der Waals surface area (Å²) >= 11 is 6.05. The predicted octanol–water partition coefficient (Wildman–Crippen LogP) is 2.77. The third kappa shape index (κ3) is 4.27. The van der Waals surface area contributed by atoms with Crippen molar-refractivity contribution in [2.24, 2.45) is 0 Å². The van der Waals surface area contributed by atoms with Gasteiger partial charge in [-0.15, -0.1) is 0 Å². The average Bonchev–Trinajstić information content (AvgIpc) is 2.79. The molecule has 2 rings (SSSR count).